The number of nitrogens with zero attached hydrogens (tertiary/aromatic N) is 3. The molecule has 0 spiro atoms. The normalized spacial score (nSPS) is 18.6. The van der Waals surface area contributed by atoms with E-state index < -0.39 is 39.8 Å². The number of carbonyl (C=O) groups is 2. The topological polar surface area (TPSA) is 65.1 Å². The highest BCUT2D eigenvalue weighted by Crippen LogP contribution is 2.48. The molecular weight excluding hydrogens is 622 g/mol. The van der Waals surface area contributed by atoms with Crippen molar-refractivity contribution in [3.63, 3.8) is 0 Å². The van der Waals surface area contributed by atoms with Crippen LogP contribution in [0.2, 0.25) is 0 Å². The predicted molar refractivity (Wildman–Crippen MR) is 158 cm³/mol. The second-order valence-corrected chi connectivity index (χ2v) is 12.3. The lowest BCUT2D eigenvalue weighted by Crippen LogP contribution is -2.47. The lowest BCUT2D eigenvalue weighted by Gasteiger charge is -2.35. The largest absolute Gasteiger partial charge is 0.418 e. The van der Waals surface area contributed by atoms with E-state index in [2.05, 4.69) is 5.32 Å². The van der Waals surface area contributed by atoms with Gasteiger partial charge < -0.3 is 24.8 Å². The fourth-order valence-electron chi connectivity index (χ4n) is 5.80. The van der Waals surface area contributed by atoms with Crippen LogP contribution in [0.4, 0.5) is 36.8 Å². The highest BCUT2D eigenvalue weighted by atomic mass is 32.2. The Morgan fingerprint density at radius 2 is 1.47 bits per heavy atom. The number of halogens is 6. The Morgan fingerprint density at radius 3 is 2.11 bits per heavy atom. The Bertz CT molecular complexity index is 1400. The Labute approximate surface area is 261 Å². The van der Waals surface area contributed by atoms with Crippen LogP contribution in [0.1, 0.15) is 42.4 Å². The highest BCUT2D eigenvalue weighted by molar-refractivity contribution is 7.99. The van der Waals surface area contributed by atoms with E-state index in [0.717, 1.165) is 50.2 Å². The first kappa shape index (κ1) is 33.0. The van der Waals surface area contributed by atoms with Gasteiger partial charge in [0.15, 0.2) is 0 Å². The lowest BCUT2D eigenvalue weighted by atomic mass is 9.99. The maximum Gasteiger partial charge on any atom is 0.418 e. The number of nitrogens with one attached hydrogen (secondary N) is 1. The third kappa shape index (κ3) is 8.26. The van der Waals surface area contributed by atoms with Crippen LogP contribution in [0.25, 0.3) is 6.08 Å². The maximum absolute atomic E-state index is 14.3. The minimum atomic E-state index is -5.34. The van der Waals surface area contributed by atoms with Gasteiger partial charge >= 0.3 is 18.4 Å². The monoisotopic (exact) mass is 656 g/mol. The van der Waals surface area contributed by atoms with Crippen LogP contribution >= 0.6 is 11.8 Å². The summed E-state index contributed by atoms with van der Waals surface area (Å²) in [5.41, 5.74) is -3.76. The van der Waals surface area contributed by atoms with E-state index in [0.29, 0.717) is 48.3 Å². The van der Waals surface area contributed by atoms with Crippen molar-refractivity contribution in [3.05, 3.63) is 59.2 Å². The van der Waals surface area contributed by atoms with Crippen LogP contribution in [-0.4, -0.2) is 85.2 Å². The van der Waals surface area contributed by atoms with Gasteiger partial charge in [0.1, 0.15) is 0 Å². The van der Waals surface area contributed by atoms with Gasteiger partial charge in [-0.2, -0.15) is 26.3 Å². The third-order valence-corrected chi connectivity index (χ3v) is 9.12. The number of urea groups is 1. The van der Waals surface area contributed by atoms with E-state index in [-0.39, 0.29) is 38.4 Å². The minimum absolute atomic E-state index is 0.0293. The minimum Gasteiger partial charge on any atom is -0.382 e. The molecule has 0 aliphatic carbocycles. The first-order valence-electron chi connectivity index (χ1n) is 14.8. The standard InChI is InChI=1S/C31H34F6N4O3S/c32-30(33,34)27-21(7-9-26(42)39-16-18-44-19-17-39)6-8-25(28(27)31(35,36)37)45-24-5-3-4-23(20-24)38-22-10-14-41(15-11-22)29(43)40-12-1-2-13-40/h3-9,20,22,38H,1-2,10-19H2/b9-7+. The molecule has 0 saturated carbocycles. The Morgan fingerprint density at radius 1 is 0.822 bits per heavy atom. The van der Waals surface area contributed by atoms with Crippen molar-refractivity contribution in [3.8, 4) is 0 Å². The van der Waals surface area contributed by atoms with Gasteiger partial charge in [-0.05, 0) is 61.6 Å². The summed E-state index contributed by atoms with van der Waals surface area (Å²) in [5, 5.41) is 3.36. The molecule has 3 aliphatic heterocycles. The van der Waals surface area contributed by atoms with Crippen molar-refractivity contribution in [2.24, 2.45) is 0 Å². The van der Waals surface area contributed by atoms with Gasteiger partial charge in [-0.25, -0.2) is 4.79 Å². The fourth-order valence-corrected chi connectivity index (χ4v) is 6.84. The molecule has 3 fully saturated rings. The number of alkyl halides is 6. The van der Waals surface area contributed by atoms with E-state index in [4.69, 9.17) is 4.74 Å². The predicted octanol–water partition coefficient (Wildman–Crippen LogP) is 6.84. The Balaban J connectivity index is 1.32. The van der Waals surface area contributed by atoms with Crippen molar-refractivity contribution >= 4 is 35.5 Å². The fraction of sp³-hybridized carbons (Fsp3) is 0.484. The number of hydrogen-bond acceptors (Lipinski definition) is 5. The third-order valence-electron chi connectivity index (χ3n) is 8.07. The van der Waals surface area contributed by atoms with Gasteiger partial charge in [0.25, 0.3) is 0 Å². The van der Waals surface area contributed by atoms with Crippen LogP contribution in [0.5, 0.6) is 0 Å². The molecule has 2 aromatic carbocycles. The van der Waals surface area contributed by atoms with Crippen LogP contribution in [0.15, 0.2) is 52.3 Å². The van der Waals surface area contributed by atoms with Gasteiger partial charge in [0.05, 0.1) is 24.3 Å². The molecule has 0 radical (unpaired) electrons. The molecule has 244 valence electrons. The molecule has 0 bridgehead atoms. The molecule has 3 saturated heterocycles. The van der Waals surface area contributed by atoms with Gasteiger partial charge in [0.2, 0.25) is 5.91 Å². The second kappa shape index (κ2) is 13.9. The first-order valence-corrected chi connectivity index (χ1v) is 15.7. The van der Waals surface area contributed by atoms with Crippen molar-refractivity contribution in [1.82, 2.24) is 14.7 Å². The number of benzene rings is 2. The number of anilines is 1. The van der Waals surface area contributed by atoms with Crippen LogP contribution in [-0.2, 0) is 21.9 Å². The van der Waals surface area contributed by atoms with Gasteiger partial charge in [0, 0.05) is 66.9 Å². The number of hydrogen-bond donors (Lipinski definition) is 1. The maximum atomic E-state index is 14.3. The quantitative estimate of drug-likeness (QED) is 0.273. The molecule has 1 N–H and O–H groups in total. The molecule has 3 aliphatic rings. The van der Waals surface area contributed by atoms with Gasteiger partial charge in [-0.1, -0.05) is 23.9 Å². The number of rotatable bonds is 6. The lowest BCUT2D eigenvalue weighted by molar-refractivity contribution is -0.163. The summed E-state index contributed by atoms with van der Waals surface area (Å²) in [7, 11) is 0. The molecule has 3 heterocycles. The molecule has 7 nitrogen and oxygen atoms in total. The molecule has 0 atom stereocenters. The molecular formula is C31H34F6N4O3S. The number of amides is 3. The average molecular weight is 657 g/mol. The zero-order valence-electron chi connectivity index (χ0n) is 24.4. The number of morpholine rings is 1. The first-order chi connectivity index (χ1) is 21.4. The molecule has 14 heteroatoms. The van der Waals surface area contributed by atoms with Crippen molar-refractivity contribution in [2.75, 3.05) is 57.8 Å². The molecule has 3 amide bonds. The number of likely N-dealkylation sites (tertiary alicyclic amines) is 2. The van der Waals surface area contributed by atoms with Crippen LogP contribution in [0, 0.1) is 0 Å². The summed E-state index contributed by atoms with van der Waals surface area (Å²) in [6, 6.07) is 8.57. The Kier molecular flexibility index (Phi) is 10.2. The SMILES string of the molecule is O=C(/C=C/c1ccc(Sc2cccc(NC3CCN(C(=O)N4CCCC4)CC3)c2)c(C(F)(F)F)c1C(F)(F)F)N1CCOCC1. The number of piperidine rings is 1. The highest BCUT2D eigenvalue weighted by Gasteiger charge is 2.46. The zero-order valence-corrected chi connectivity index (χ0v) is 25.2. The Hall–Kier alpha value is -3.39. The summed E-state index contributed by atoms with van der Waals surface area (Å²) in [5.74, 6) is -0.605. The molecule has 0 unspecified atom stereocenters. The van der Waals surface area contributed by atoms with E-state index in [1.54, 1.807) is 18.2 Å². The van der Waals surface area contributed by atoms with E-state index in [1.165, 1.54) is 11.0 Å². The molecule has 0 aromatic heterocycles. The van der Waals surface area contributed by atoms with Gasteiger partial charge in [-0.15, -0.1) is 0 Å². The summed E-state index contributed by atoms with van der Waals surface area (Å²) in [6.45, 7) is 3.73. The zero-order chi connectivity index (χ0) is 32.2. The number of carbonyl (C=O) groups excluding carboxylic acids is 2. The summed E-state index contributed by atoms with van der Waals surface area (Å²) >= 11 is 0.590. The van der Waals surface area contributed by atoms with Crippen molar-refractivity contribution in [1.29, 1.82) is 0 Å². The van der Waals surface area contributed by atoms with E-state index in [9.17, 15) is 35.9 Å². The molecule has 45 heavy (non-hydrogen) atoms. The van der Waals surface area contributed by atoms with Crippen molar-refractivity contribution in [2.45, 2.75) is 53.9 Å². The average Bonchev–Trinajstić information content (AvgIpc) is 3.55. The number of ether oxygens (including phenoxy) is 1. The second-order valence-electron chi connectivity index (χ2n) is 11.2. The molecule has 5 rings (SSSR count). The molecule has 2 aromatic rings. The smallest absolute Gasteiger partial charge is 0.382 e. The summed E-state index contributed by atoms with van der Waals surface area (Å²) in [6.07, 6.45) is -5.60. The van der Waals surface area contributed by atoms with E-state index in [1.807, 2.05) is 9.80 Å². The van der Waals surface area contributed by atoms with Crippen LogP contribution < -0.4 is 5.32 Å². The van der Waals surface area contributed by atoms with Crippen LogP contribution in [0.3, 0.4) is 0 Å². The van der Waals surface area contributed by atoms with Gasteiger partial charge in [-0.3, -0.25) is 4.79 Å². The summed E-state index contributed by atoms with van der Waals surface area (Å²) < 4.78 is 90.8. The van der Waals surface area contributed by atoms with E-state index >= 15 is 0 Å². The van der Waals surface area contributed by atoms with Crippen molar-refractivity contribution < 1.29 is 40.7 Å². The summed E-state index contributed by atoms with van der Waals surface area (Å²) in [4.78, 5) is 29.9.